The number of ether oxygens (including phenoxy) is 2. The van der Waals surface area contributed by atoms with Gasteiger partial charge < -0.3 is 9.47 Å². The Bertz CT molecular complexity index is 932. The van der Waals surface area contributed by atoms with E-state index in [0.717, 1.165) is 0 Å². The topological polar surface area (TPSA) is 139 Å². The van der Waals surface area contributed by atoms with Crippen molar-refractivity contribution in [1.29, 1.82) is 0 Å². The lowest BCUT2D eigenvalue weighted by Crippen LogP contribution is -2.28. The van der Waals surface area contributed by atoms with Gasteiger partial charge in [-0.2, -0.15) is 10.2 Å². The van der Waals surface area contributed by atoms with Crippen LogP contribution in [0.5, 0.6) is 11.5 Å². The van der Waals surface area contributed by atoms with Gasteiger partial charge in [0.2, 0.25) is 5.91 Å². The number of benzene rings is 1. The van der Waals surface area contributed by atoms with Crippen molar-refractivity contribution in [2.75, 3.05) is 7.11 Å². The smallest absolute Gasteiger partial charge is 0.342 e. The Morgan fingerprint density at radius 1 is 1.33 bits per heavy atom. The molecule has 1 amide bonds. The maximum Gasteiger partial charge on any atom is 0.342 e. The highest BCUT2D eigenvalue weighted by atomic mass is 16.5. The van der Waals surface area contributed by atoms with E-state index in [0.29, 0.717) is 17.1 Å². The van der Waals surface area contributed by atoms with Crippen molar-refractivity contribution >= 4 is 12.1 Å². The molecule has 0 radical (unpaired) electrons. The molecule has 10 heteroatoms. The molecule has 0 aliphatic rings. The minimum Gasteiger partial charge on any atom is -0.493 e. The number of amides is 1. The highest BCUT2D eigenvalue weighted by Crippen LogP contribution is 2.28. The van der Waals surface area contributed by atoms with Crippen LogP contribution in [-0.2, 0) is 11.2 Å². The van der Waals surface area contributed by atoms with Gasteiger partial charge in [0.25, 0.3) is 5.56 Å². The number of aromatic nitrogens is 3. The fraction of sp³-hybridized carbons (Fsp3) is 0.353. The summed E-state index contributed by atoms with van der Waals surface area (Å²) in [5, 5.41) is 9.58. The number of aromatic amines is 2. The number of rotatable bonds is 8. The van der Waals surface area contributed by atoms with Crippen LogP contribution in [-0.4, -0.2) is 40.5 Å². The second-order valence-corrected chi connectivity index (χ2v) is 5.82. The molecule has 0 spiro atoms. The average Bonchev–Trinajstić information content (AvgIpc) is 2.61. The SMILES string of the molecule is COc1cc(/C=N\NC(=O)CCc2n[nH]c(=O)[nH]c2=O)ccc1OC(C)C. The Hall–Kier alpha value is -3.43. The summed E-state index contributed by atoms with van der Waals surface area (Å²) in [5.41, 5.74) is 1.83. The Kier molecular flexibility index (Phi) is 6.86. The number of carbonyl (C=O) groups is 1. The number of hydrogen-bond acceptors (Lipinski definition) is 7. The Morgan fingerprint density at radius 2 is 2.11 bits per heavy atom. The van der Waals surface area contributed by atoms with Crippen LogP contribution in [0.3, 0.4) is 0 Å². The molecule has 0 bridgehead atoms. The molecule has 0 fully saturated rings. The zero-order chi connectivity index (χ0) is 19.8. The van der Waals surface area contributed by atoms with Crippen molar-refractivity contribution in [1.82, 2.24) is 20.6 Å². The lowest BCUT2D eigenvalue weighted by molar-refractivity contribution is -0.121. The molecule has 1 aromatic carbocycles. The van der Waals surface area contributed by atoms with E-state index >= 15 is 0 Å². The fourth-order valence-electron chi connectivity index (χ4n) is 2.12. The second-order valence-electron chi connectivity index (χ2n) is 5.82. The first-order valence-corrected chi connectivity index (χ1v) is 8.23. The van der Waals surface area contributed by atoms with E-state index in [-0.39, 0.29) is 24.6 Å². The van der Waals surface area contributed by atoms with Gasteiger partial charge in [0.05, 0.1) is 19.4 Å². The molecule has 2 aromatic rings. The molecule has 1 aromatic heterocycles. The molecule has 3 N–H and O–H groups in total. The number of methoxy groups -OCH3 is 1. The average molecular weight is 375 g/mol. The summed E-state index contributed by atoms with van der Waals surface area (Å²) in [4.78, 5) is 36.2. The van der Waals surface area contributed by atoms with Gasteiger partial charge in [0.15, 0.2) is 11.5 Å². The molecule has 27 heavy (non-hydrogen) atoms. The molecule has 0 aliphatic carbocycles. The van der Waals surface area contributed by atoms with Crippen molar-refractivity contribution in [2.24, 2.45) is 5.10 Å². The first kappa shape index (κ1) is 19.9. The van der Waals surface area contributed by atoms with E-state index in [9.17, 15) is 14.4 Å². The van der Waals surface area contributed by atoms with Crippen molar-refractivity contribution in [3.05, 3.63) is 50.3 Å². The minimum atomic E-state index is -0.696. The number of hydrogen-bond donors (Lipinski definition) is 3. The summed E-state index contributed by atoms with van der Waals surface area (Å²) < 4.78 is 10.9. The van der Waals surface area contributed by atoms with Crippen LogP contribution in [0.15, 0.2) is 32.9 Å². The first-order chi connectivity index (χ1) is 12.9. The summed E-state index contributed by atoms with van der Waals surface area (Å²) in [7, 11) is 1.54. The molecule has 0 atom stereocenters. The minimum absolute atomic E-state index is 0.00997. The van der Waals surface area contributed by atoms with Crippen molar-refractivity contribution in [2.45, 2.75) is 32.8 Å². The van der Waals surface area contributed by atoms with Gasteiger partial charge in [-0.25, -0.2) is 15.3 Å². The van der Waals surface area contributed by atoms with Crippen LogP contribution >= 0.6 is 0 Å². The Balaban J connectivity index is 1.91. The summed E-state index contributed by atoms with van der Waals surface area (Å²) in [5.74, 6) is 0.778. The summed E-state index contributed by atoms with van der Waals surface area (Å²) >= 11 is 0. The van der Waals surface area contributed by atoms with Crippen LogP contribution in [0.1, 0.15) is 31.5 Å². The van der Waals surface area contributed by atoms with Gasteiger partial charge in [-0.15, -0.1) is 0 Å². The fourth-order valence-corrected chi connectivity index (χ4v) is 2.12. The molecule has 1 heterocycles. The van der Waals surface area contributed by atoms with Crippen LogP contribution in [0.25, 0.3) is 0 Å². The Labute approximate surface area is 154 Å². The van der Waals surface area contributed by atoms with E-state index in [1.54, 1.807) is 18.2 Å². The van der Waals surface area contributed by atoms with Gasteiger partial charge >= 0.3 is 5.69 Å². The maximum absolute atomic E-state index is 11.8. The number of hydrazone groups is 1. The monoisotopic (exact) mass is 375 g/mol. The van der Waals surface area contributed by atoms with E-state index in [2.05, 4.69) is 20.7 Å². The zero-order valence-electron chi connectivity index (χ0n) is 15.2. The van der Waals surface area contributed by atoms with Crippen molar-refractivity contribution in [3.8, 4) is 11.5 Å². The van der Waals surface area contributed by atoms with Gasteiger partial charge in [0, 0.05) is 12.8 Å². The predicted molar refractivity (Wildman–Crippen MR) is 98.3 cm³/mol. The van der Waals surface area contributed by atoms with Gasteiger partial charge in [0.1, 0.15) is 5.69 Å². The standard InChI is InChI=1S/C17H21N5O5/c1-10(2)27-13-6-4-11(8-14(13)26-3)9-18-21-15(23)7-5-12-16(24)19-17(25)22-20-12/h4,6,8-10H,5,7H2,1-3H3,(H,21,23)(H2,19,22,24,25)/b18-9-. The molecule has 0 aliphatic heterocycles. The molecule has 144 valence electrons. The van der Waals surface area contributed by atoms with Gasteiger partial charge in [-0.3, -0.25) is 14.6 Å². The number of nitrogens with one attached hydrogen (secondary N) is 3. The highest BCUT2D eigenvalue weighted by molar-refractivity contribution is 5.83. The van der Waals surface area contributed by atoms with Crippen LogP contribution in [0.4, 0.5) is 0 Å². The number of carbonyl (C=O) groups excluding carboxylic acids is 1. The number of nitrogens with zero attached hydrogens (tertiary/aromatic N) is 2. The van der Waals surface area contributed by atoms with Crippen molar-refractivity contribution in [3.63, 3.8) is 0 Å². The molecular formula is C17H21N5O5. The van der Waals surface area contributed by atoms with Gasteiger partial charge in [-0.1, -0.05) is 0 Å². The molecule has 0 unspecified atom stereocenters. The van der Waals surface area contributed by atoms with E-state index in [1.807, 2.05) is 18.8 Å². The quantitative estimate of drug-likeness (QED) is 0.449. The van der Waals surface area contributed by atoms with Crippen LogP contribution < -0.4 is 26.1 Å². The summed E-state index contributed by atoms with van der Waals surface area (Å²) in [6, 6.07) is 5.27. The van der Waals surface area contributed by atoms with E-state index in [1.165, 1.54) is 13.3 Å². The zero-order valence-corrected chi connectivity index (χ0v) is 15.2. The third-order valence-corrected chi connectivity index (χ3v) is 3.32. The number of aryl methyl sites for hydroxylation is 1. The van der Waals surface area contributed by atoms with E-state index < -0.39 is 17.2 Å². The molecule has 0 saturated carbocycles. The largest absolute Gasteiger partial charge is 0.493 e. The van der Waals surface area contributed by atoms with Crippen molar-refractivity contribution < 1.29 is 14.3 Å². The normalized spacial score (nSPS) is 11.0. The first-order valence-electron chi connectivity index (χ1n) is 8.23. The third kappa shape index (κ3) is 6.10. The summed E-state index contributed by atoms with van der Waals surface area (Å²) in [6.07, 6.45) is 1.54. The lowest BCUT2D eigenvalue weighted by Gasteiger charge is -2.13. The van der Waals surface area contributed by atoms with Gasteiger partial charge in [-0.05, 0) is 37.6 Å². The Morgan fingerprint density at radius 3 is 2.78 bits per heavy atom. The molecule has 2 rings (SSSR count). The highest BCUT2D eigenvalue weighted by Gasteiger charge is 2.08. The summed E-state index contributed by atoms with van der Waals surface area (Å²) in [6.45, 7) is 3.83. The number of H-pyrrole nitrogens is 2. The molecular weight excluding hydrogens is 354 g/mol. The second kappa shape index (κ2) is 9.32. The lowest BCUT2D eigenvalue weighted by atomic mass is 10.2. The molecule has 0 saturated heterocycles. The van der Waals surface area contributed by atoms with E-state index in [4.69, 9.17) is 9.47 Å². The molecule has 10 nitrogen and oxygen atoms in total. The predicted octanol–water partition coefficient (Wildman–Crippen LogP) is 0.337. The maximum atomic E-state index is 11.8. The van der Waals surface area contributed by atoms with Crippen LogP contribution in [0, 0.1) is 0 Å². The van der Waals surface area contributed by atoms with Crippen LogP contribution in [0.2, 0.25) is 0 Å². The third-order valence-electron chi connectivity index (χ3n) is 3.32.